The maximum atomic E-state index is 11.9. The van der Waals surface area contributed by atoms with E-state index in [1.165, 1.54) is 11.5 Å². The maximum Gasteiger partial charge on any atom is 0.269 e. The molecule has 1 aliphatic heterocycles. The molecule has 0 saturated heterocycles. The Balaban J connectivity index is 2.16. The lowest BCUT2D eigenvalue weighted by Crippen LogP contribution is -2.12. The van der Waals surface area contributed by atoms with E-state index in [0.717, 1.165) is 5.69 Å². The second kappa shape index (κ2) is 3.78. The van der Waals surface area contributed by atoms with Crippen LogP contribution in [0.5, 0.6) is 11.5 Å². The molecule has 0 fully saturated rings. The summed E-state index contributed by atoms with van der Waals surface area (Å²) in [5, 5.41) is 0. The van der Waals surface area contributed by atoms with Gasteiger partial charge in [0.2, 0.25) is 6.79 Å². The van der Waals surface area contributed by atoms with Gasteiger partial charge in [0.15, 0.2) is 11.5 Å². The van der Waals surface area contributed by atoms with Crippen molar-refractivity contribution in [2.24, 2.45) is 0 Å². The maximum absolute atomic E-state index is 11.9. The summed E-state index contributed by atoms with van der Waals surface area (Å²) in [5.74, 6) is 1.35. The van der Waals surface area contributed by atoms with Crippen molar-refractivity contribution in [2.45, 2.75) is 6.92 Å². The first kappa shape index (κ1) is 10.7. The number of benzene rings is 1. The van der Waals surface area contributed by atoms with Crippen molar-refractivity contribution in [2.75, 3.05) is 6.79 Å². The molecule has 0 amide bonds. The fourth-order valence-electron chi connectivity index (χ4n) is 1.61. The number of rotatable bonds is 1. The van der Waals surface area contributed by atoms with Gasteiger partial charge in [-0.1, -0.05) is 11.6 Å². The molecule has 1 aliphatic rings. The molecule has 2 aromatic rings. The van der Waals surface area contributed by atoms with Crippen molar-refractivity contribution in [1.82, 2.24) is 3.96 Å². The third kappa shape index (κ3) is 1.62. The molecular formula is C11H8ClNO3S. The van der Waals surface area contributed by atoms with Gasteiger partial charge in [-0.05, 0) is 30.6 Å². The van der Waals surface area contributed by atoms with Crippen molar-refractivity contribution in [1.29, 1.82) is 0 Å². The molecule has 0 N–H and O–H groups in total. The minimum Gasteiger partial charge on any atom is -0.454 e. The summed E-state index contributed by atoms with van der Waals surface area (Å²) < 4.78 is 12.5. The van der Waals surface area contributed by atoms with E-state index in [1.807, 2.05) is 0 Å². The number of ether oxygens (including phenoxy) is 2. The summed E-state index contributed by atoms with van der Waals surface area (Å²) >= 11 is 7.16. The molecule has 17 heavy (non-hydrogen) atoms. The first-order valence-corrected chi connectivity index (χ1v) is 6.10. The Hall–Kier alpha value is -1.46. The molecular weight excluding hydrogens is 262 g/mol. The fourth-order valence-corrected chi connectivity index (χ4v) is 2.72. The van der Waals surface area contributed by atoms with Crippen LogP contribution in [0.1, 0.15) is 5.56 Å². The summed E-state index contributed by atoms with van der Waals surface area (Å²) in [6.07, 6.45) is 0. The van der Waals surface area contributed by atoms with E-state index in [2.05, 4.69) is 0 Å². The number of halogens is 1. The van der Waals surface area contributed by atoms with Crippen molar-refractivity contribution in [3.63, 3.8) is 0 Å². The van der Waals surface area contributed by atoms with Crippen LogP contribution in [0.15, 0.2) is 23.0 Å². The molecule has 0 unspecified atom stereocenters. The SMILES string of the molecule is Cc1c(Cl)sn(-c2ccc3c(c2)OCO3)c1=O. The summed E-state index contributed by atoms with van der Waals surface area (Å²) in [6.45, 7) is 1.93. The van der Waals surface area contributed by atoms with Crippen LogP contribution in [0.25, 0.3) is 5.69 Å². The van der Waals surface area contributed by atoms with E-state index in [9.17, 15) is 4.79 Å². The summed E-state index contributed by atoms with van der Waals surface area (Å²) in [4.78, 5) is 11.9. The number of nitrogens with zero attached hydrogens (tertiary/aromatic N) is 1. The van der Waals surface area contributed by atoms with Gasteiger partial charge >= 0.3 is 0 Å². The van der Waals surface area contributed by atoms with Gasteiger partial charge in [-0.3, -0.25) is 4.79 Å². The predicted octanol–water partition coefficient (Wildman–Crippen LogP) is 2.59. The van der Waals surface area contributed by atoms with Gasteiger partial charge in [0, 0.05) is 11.6 Å². The van der Waals surface area contributed by atoms with E-state index in [4.69, 9.17) is 21.1 Å². The smallest absolute Gasteiger partial charge is 0.269 e. The van der Waals surface area contributed by atoms with Gasteiger partial charge in [0.05, 0.1) is 5.69 Å². The van der Waals surface area contributed by atoms with Crippen LogP contribution in [-0.2, 0) is 0 Å². The van der Waals surface area contributed by atoms with Crippen LogP contribution >= 0.6 is 23.1 Å². The first-order valence-electron chi connectivity index (χ1n) is 4.95. The Kier molecular flexibility index (Phi) is 2.38. The molecule has 0 bridgehead atoms. The lowest BCUT2D eigenvalue weighted by molar-refractivity contribution is 0.174. The zero-order valence-electron chi connectivity index (χ0n) is 8.90. The molecule has 1 aromatic heterocycles. The highest BCUT2D eigenvalue weighted by molar-refractivity contribution is 7.11. The van der Waals surface area contributed by atoms with Gasteiger partial charge in [-0.2, -0.15) is 0 Å². The number of fused-ring (bicyclic) bond motifs is 1. The van der Waals surface area contributed by atoms with Crippen LogP contribution < -0.4 is 15.0 Å². The van der Waals surface area contributed by atoms with Crippen LogP contribution in [-0.4, -0.2) is 10.7 Å². The van der Waals surface area contributed by atoms with Gasteiger partial charge < -0.3 is 9.47 Å². The Morgan fingerprint density at radius 3 is 2.82 bits per heavy atom. The van der Waals surface area contributed by atoms with E-state index in [0.29, 0.717) is 21.4 Å². The summed E-state index contributed by atoms with van der Waals surface area (Å²) in [7, 11) is 0. The Morgan fingerprint density at radius 1 is 1.35 bits per heavy atom. The normalized spacial score (nSPS) is 13.1. The first-order chi connectivity index (χ1) is 8.16. The minimum absolute atomic E-state index is 0.0983. The number of hydrogen-bond acceptors (Lipinski definition) is 4. The Morgan fingerprint density at radius 2 is 2.12 bits per heavy atom. The summed E-state index contributed by atoms with van der Waals surface area (Å²) in [5.41, 5.74) is 1.20. The van der Waals surface area contributed by atoms with E-state index in [1.54, 1.807) is 29.1 Å². The highest BCUT2D eigenvalue weighted by Crippen LogP contribution is 2.34. The van der Waals surface area contributed by atoms with E-state index in [-0.39, 0.29) is 12.4 Å². The lowest BCUT2D eigenvalue weighted by Gasteiger charge is -2.01. The zero-order chi connectivity index (χ0) is 12.0. The highest BCUT2D eigenvalue weighted by atomic mass is 35.5. The second-order valence-corrected chi connectivity index (χ2v) is 5.19. The number of aromatic nitrogens is 1. The van der Waals surface area contributed by atoms with Gasteiger partial charge in [0.1, 0.15) is 4.34 Å². The third-order valence-corrected chi connectivity index (χ3v) is 4.08. The average Bonchev–Trinajstić information content (AvgIpc) is 2.89. The monoisotopic (exact) mass is 269 g/mol. The highest BCUT2D eigenvalue weighted by Gasteiger charge is 2.16. The lowest BCUT2D eigenvalue weighted by atomic mass is 10.3. The summed E-state index contributed by atoms with van der Waals surface area (Å²) in [6, 6.07) is 5.37. The molecule has 0 atom stereocenters. The van der Waals surface area contributed by atoms with Crippen LogP contribution in [0.2, 0.25) is 4.34 Å². The van der Waals surface area contributed by atoms with Crippen molar-refractivity contribution in [3.05, 3.63) is 38.5 Å². The fraction of sp³-hybridized carbons (Fsp3) is 0.182. The molecule has 0 aliphatic carbocycles. The number of hydrogen-bond donors (Lipinski definition) is 0. The van der Waals surface area contributed by atoms with Gasteiger partial charge in [-0.25, -0.2) is 3.96 Å². The quantitative estimate of drug-likeness (QED) is 0.799. The zero-order valence-corrected chi connectivity index (χ0v) is 10.5. The molecule has 1 aromatic carbocycles. The minimum atomic E-state index is -0.0983. The van der Waals surface area contributed by atoms with Crippen LogP contribution in [0.4, 0.5) is 0 Å². The van der Waals surface area contributed by atoms with E-state index >= 15 is 0 Å². The third-order valence-electron chi connectivity index (χ3n) is 2.56. The van der Waals surface area contributed by atoms with Crippen molar-refractivity contribution >= 4 is 23.1 Å². The topological polar surface area (TPSA) is 40.5 Å². The second-order valence-electron chi connectivity index (χ2n) is 3.63. The van der Waals surface area contributed by atoms with Crippen LogP contribution in [0, 0.1) is 6.92 Å². The standard InChI is InChI=1S/C11H8ClNO3S/c1-6-10(12)17-13(11(6)14)7-2-3-8-9(4-7)16-5-15-8/h2-4H,5H2,1H3. The predicted molar refractivity (Wildman–Crippen MR) is 65.8 cm³/mol. The Labute approximate surface area is 106 Å². The molecule has 0 radical (unpaired) electrons. The largest absolute Gasteiger partial charge is 0.454 e. The molecule has 3 rings (SSSR count). The van der Waals surface area contributed by atoms with Gasteiger partial charge in [-0.15, -0.1) is 0 Å². The molecule has 0 spiro atoms. The van der Waals surface area contributed by atoms with E-state index < -0.39 is 0 Å². The Bertz CT molecular complexity index is 647. The van der Waals surface area contributed by atoms with Crippen molar-refractivity contribution in [3.8, 4) is 17.2 Å². The molecule has 6 heteroatoms. The van der Waals surface area contributed by atoms with Crippen LogP contribution in [0.3, 0.4) is 0 Å². The molecule has 4 nitrogen and oxygen atoms in total. The van der Waals surface area contributed by atoms with Gasteiger partial charge in [0.25, 0.3) is 5.56 Å². The molecule has 0 saturated carbocycles. The molecule has 2 heterocycles. The average molecular weight is 270 g/mol. The molecule has 88 valence electrons. The van der Waals surface area contributed by atoms with Crippen molar-refractivity contribution < 1.29 is 9.47 Å².